The van der Waals surface area contributed by atoms with Crippen molar-refractivity contribution >= 4 is 18.0 Å². The molecule has 92 valence electrons. The molecule has 0 saturated carbocycles. The molecule has 2 amide bonds. The van der Waals surface area contributed by atoms with Crippen molar-refractivity contribution in [1.29, 1.82) is 0 Å². The molecular weight excluding hydrogens is 216 g/mol. The maximum absolute atomic E-state index is 11.5. The predicted octanol–water partition coefficient (Wildman–Crippen LogP) is -0.336. The van der Waals surface area contributed by atoms with Crippen LogP contribution in [-0.2, 0) is 14.3 Å². The summed E-state index contributed by atoms with van der Waals surface area (Å²) in [7, 11) is 1.22. The zero-order valence-electron chi connectivity index (χ0n) is 9.52. The minimum Gasteiger partial charge on any atom is -0.480 e. The van der Waals surface area contributed by atoms with Gasteiger partial charge in [-0.25, -0.2) is 4.79 Å². The lowest BCUT2D eigenvalue weighted by Gasteiger charge is -2.21. The van der Waals surface area contributed by atoms with E-state index in [0.29, 0.717) is 0 Å². The Morgan fingerprint density at radius 1 is 1.44 bits per heavy atom. The van der Waals surface area contributed by atoms with Gasteiger partial charge in [0.15, 0.2) is 0 Å². The van der Waals surface area contributed by atoms with E-state index in [4.69, 9.17) is 5.11 Å². The van der Waals surface area contributed by atoms with E-state index in [2.05, 4.69) is 10.1 Å². The Bertz CT molecular complexity index is 279. The largest absolute Gasteiger partial charge is 0.480 e. The molecule has 2 N–H and O–H groups in total. The fraction of sp³-hybridized carbons (Fsp3) is 0.667. The second kappa shape index (κ2) is 6.65. The summed E-state index contributed by atoms with van der Waals surface area (Å²) in [4.78, 5) is 34.1. The summed E-state index contributed by atoms with van der Waals surface area (Å²) in [6, 6.07) is -1.61. The second-order valence-electron chi connectivity index (χ2n) is 3.10. The van der Waals surface area contributed by atoms with Crippen LogP contribution in [0.25, 0.3) is 0 Å². The zero-order valence-corrected chi connectivity index (χ0v) is 9.52. The average Bonchev–Trinajstić information content (AvgIpc) is 2.24. The van der Waals surface area contributed by atoms with Crippen LogP contribution in [0.4, 0.5) is 4.79 Å². The van der Waals surface area contributed by atoms with Gasteiger partial charge in [0.2, 0.25) is 0 Å². The maximum atomic E-state index is 11.5. The molecule has 0 spiro atoms. The molecule has 0 aromatic carbocycles. The smallest absolute Gasteiger partial charge is 0.325 e. The Labute approximate surface area is 93.4 Å². The molecule has 0 heterocycles. The Balaban J connectivity index is 4.31. The van der Waals surface area contributed by atoms with Crippen LogP contribution < -0.4 is 5.32 Å². The molecular formula is C9H16N2O5. The number of carbonyl (C=O) groups is 3. The molecule has 0 bridgehead atoms. The van der Waals surface area contributed by atoms with E-state index in [1.807, 2.05) is 0 Å². The molecule has 0 aromatic heterocycles. The van der Waals surface area contributed by atoms with Gasteiger partial charge in [-0.05, 0) is 13.8 Å². The number of esters is 1. The monoisotopic (exact) mass is 232 g/mol. The Hall–Kier alpha value is -1.79. The number of urea groups is 1. The summed E-state index contributed by atoms with van der Waals surface area (Å²) < 4.78 is 4.41. The van der Waals surface area contributed by atoms with Gasteiger partial charge in [-0.15, -0.1) is 0 Å². The van der Waals surface area contributed by atoms with Gasteiger partial charge < -0.3 is 20.1 Å². The van der Waals surface area contributed by atoms with Crippen molar-refractivity contribution in [3.8, 4) is 0 Å². The summed E-state index contributed by atoms with van der Waals surface area (Å²) in [6.07, 6.45) is 0. The molecule has 0 aliphatic heterocycles. The van der Waals surface area contributed by atoms with E-state index in [0.717, 1.165) is 4.90 Å². The molecule has 16 heavy (non-hydrogen) atoms. The first-order valence-corrected chi connectivity index (χ1v) is 4.77. The molecule has 7 nitrogen and oxygen atoms in total. The van der Waals surface area contributed by atoms with Crippen molar-refractivity contribution in [2.45, 2.75) is 19.9 Å². The lowest BCUT2D eigenvalue weighted by Crippen LogP contribution is -2.48. The molecule has 0 unspecified atom stereocenters. The minimum atomic E-state index is -1.14. The van der Waals surface area contributed by atoms with Crippen molar-refractivity contribution in [3.63, 3.8) is 0 Å². The van der Waals surface area contributed by atoms with E-state index in [-0.39, 0.29) is 13.1 Å². The van der Waals surface area contributed by atoms with Gasteiger partial charge in [0, 0.05) is 6.54 Å². The van der Waals surface area contributed by atoms with E-state index in [1.54, 1.807) is 6.92 Å². The number of likely N-dealkylation sites (N-methyl/N-ethyl adjacent to an activating group) is 1. The lowest BCUT2D eigenvalue weighted by atomic mass is 10.3. The number of aliphatic carboxylic acids is 1. The quantitative estimate of drug-likeness (QED) is 0.632. The molecule has 0 aliphatic rings. The zero-order chi connectivity index (χ0) is 12.7. The molecule has 0 radical (unpaired) electrons. The van der Waals surface area contributed by atoms with E-state index >= 15 is 0 Å². The van der Waals surface area contributed by atoms with Crippen LogP contribution >= 0.6 is 0 Å². The van der Waals surface area contributed by atoms with Crippen LogP contribution in [0.2, 0.25) is 0 Å². The highest BCUT2D eigenvalue weighted by Crippen LogP contribution is 1.93. The fourth-order valence-corrected chi connectivity index (χ4v) is 0.886. The highest BCUT2D eigenvalue weighted by molar-refractivity contribution is 5.84. The van der Waals surface area contributed by atoms with Crippen LogP contribution in [0.15, 0.2) is 0 Å². The van der Waals surface area contributed by atoms with E-state index < -0.39 is 24.0 Å². The number of methoxy groups -OCH3 is 1. The molecule has 0 aliphatic carbocycles. The first-order chi connectivity index (χ1) is 7.42. The van der Waals surface area contributed by atoms with Gasteiger partial charge in [0.1, 0.15) is 12.6 Å². The Morgan fingerprint density at radius 3 is 2.38 bits per heavy atom. The predicted molar refractivity (Wildman–Crippen MR) is 54.9 cm³/mol. The summed E-state index contributed by atoms with van der Waals surface area (Å²) in [5, 5.41) is 10.8. The number of carbonyl (C=O) groups excluding carboxylic acids is 2. The number of carboxylic acid groups (broad SMARTS) is 1. The molecule has 0 fully saturated rings. The summed E-state index contributed by atoms with van der Waals surface area (Å²) in [5.74, 6) is -1.69. The van der Waals surface area contributed by atoms with Gasteiger partial charge in [0.25, 0.3) is 0 Å². The number of carboxylic acids is 1. The molecule has 0 saturated heterocycles. The van der Waals surface area contributed by atoms with Gasteiger partial charge in [-0.3, -0.25) is 9.59 Å². The number of nitrogens with zero attached hydrogens (tertiary/aromatic N) is 1. The molecule has 0 rings (SSSR count). The van der Waals surface area contributed by atoms with Crippen molar-refractivity contribution in [1.82, 2.24) is 10.2 Å². The third kappa shape index (κ3) is 4.63. The number of hydrogen-bond donors (Lipinski definition) is 2. The highest BCUT2D eigenvalue weighted by atomic mass is 16.5. The van der Waals surface area contributed by atoms with Gasteiger partial charge in [0.05, 0.1) is 7.11 Å². The topological polar surface area (TPSA) is 95.9 Å². The van der Waals surface area contributed by atoms with Gasteiger partial charge in [-0.1, -0.05) is 0 Å². The summed E-state index contributed by atoms with van der Waals surface area (Å²) >= 11 is 0. The van der Waals surface area contributed by atoms with Gasteiger partial charge >= 0.3 is 18.0 Å². The summed E-state index contributed by atoms with van der Waals surface area (Å²) in [6.45, 7) is 3.10. The van der Waals surface area contributed by atoms with Crippen LogP contribution in [0.5, 0.6) is 0 Å². The number of nitrogens with one attached hydrogen (secondary N) is 1. The molecule has 7 heteroatoms. The summed E-state index contributed by atoms with van der Waals surface area (Å²) in [5.41, 5.74) is 0. The average molecular weight is 232 g/mol. The number of ether oxygens (including phenoxy) is 1. The van der Waals surface area contributed by atoms with Crippen molar-refractivity contribution in [2.75, 3.05) is 20.2 Å². The fourth-order valence-electron chi connectivity index (χ4n) is 0.886. The minimum absolute atomic E-state index is 0.203. The van der Waals surface area contributed by atoms with E-state index in [9.17, 15) is 14.4 Å². The maximum Gasteiger partial charge on any atom is 0.325 e. The number of hydrogen-bond acceptors (Lipinski definition) is 4. The Kier molecular flexibility index (Phi) is 5.91. The van der Waals surface area contributed by atoms with Crippen LogP contribution in [0.3, 0.4) is 0 Å². The van der Waals surface area contributed by atoms with Crippen LogP contribution in [0.1, 0.15) is 13.8 Å². The van der Waals surface area contributed by atoms with Gasteiger partial charge in [-0.2, -0.15) is 0 Å². The Morgan fingerprint density at radius 2 is 2.00 bits per heavy atom. The highest BCUT2D eigenvalue weighted by Gasteiger charge is 2.20. The van der Waals surface area contributed by atoms with Crippen molar-refractivity contribution in [2.24, 2.45) is 0 Å². The number of rotatable bonds is 5. The first-order valence-electron chi connectivity index (χ1n) is 4.77. The standard InChI is InChI=1S/C9H16N2O5/c1-4-11(5-7(12)16-3)9(15)10-6(2)8(13)14/h6H,4-5H2,1-3H3,(H,10,15)(H,13,14)/t6-/m0/s1. The second-order valence-corrected chi connectivity index (χ2v) is 3.10. The molecule has 0 aromatic rings. The van der Waals surface area contributed by atoms with Crippen molar-refractivity contribution < 1.29 is 24.2 Å². The van der Waals surface area contributed by atoms with Crippen LogP contribution in [0, 0.1) is 0 Å². The van der Waals surface area contributed by atoms with Crippen LogP contribution in [-0.4, -0.2) is 54.2 Å². The van der Waals surface area contributed by atoms with E-state index in [1.165, 1.54) is 14.0 Å². The van der Waals surface area contributed by atoms with Crippen molar-refractivity contribution in [3.05, 3.63) is 0 Å². The third-order valence-electron chi connectivity index (χ3n) is 1.93. The number of amides is 2. The third-order valence-corrected chi connectivity index (χ3v) is 1.93. The molecule has 1 atom stereocenters. The lowest BCUT2D eigenvalue weighted by molar-refractivity contribution is -0.141. The first kappa shape index (κ1) is 14.2. The normalized spacial score (nSPS) is 11.4. The SMILES string of the molecule is CCN(CC(=O)OC)C(=O)N[C@@H](C)C(=O)O.